The fourth-order valence-corrected chi connectivity index (χ4v) is 2.28. The monoisotopic (exact) mass is 207 g/mol. The average Bonchev–Trinajstić information content (AvgIpc) is 2.84. The van der Waals surface area contributed by atoms with Crippen LogP contribution in [0.4, 0.5) is 0 Å². The summed E-state index contributed by atoms with van der Waals surface area (Å²) in [4.78, 5) is 17.9. The summed E-state index contributed by atoms with van der Waals surface area (Å²) < 4.78 is 7.12. The predicted molar refractivity (Wildman–Crippen MR) is 52.0 cm³/mol. The SMILES string of the molecule is O=C1OCC[C@H]1N1CCn2ccnc2C1. The minimum Gasteiger partial charge on any atom is -0.464 e. The van der Waals surface area contributed by atoms with Crippen molar-refractivity contribution in [2.75, 3.05) is 13.2 Å². The third kappa shape index (κ3) is 1.43. The molecule has 0 amide bonds. The summed E-state index contributed by atoms with van der Waals surface area (Å²) in [6.45, 7) is 3.14. The second-order valence-corrected chi connectivity index (χ2v) is 3.98. The Bertz CT molecular complexity index is 388. The van der Waals surface area contributed by atoms with Crippen LogP contribution in [0.25, 0.3) is 0 Å². The highest BCUT2D eigenvalue weighted by Crippen LogP contribution is 2.19. The van der Waals surface area contributed by atoms with Gasteiger partial charge in [-0.15, -0.1) is 0 Å². The molecular formula is C10H13N3O2. The van der Waals surface area contributed by atoms with Crippen LogP contribution in [0.1, 0.15) is 12.2 Å². The number of ether oxygens (including phenoxy) is 1. The molecule has 0 aromatic carbocycles. The summed E-state index contributed by atoms with van der Waals surface area (Å²) in [5, 5.41) is 0. The van der Waals surface area contributed by atoms with Crippen LogP contribution in [0.3, 0.4) is 0 Å². The van der Waals surface area contributed by atoms with E-state index in [4.69, 9.17) is 4.74 Å². The van der Waals surface area contributed by atoms with E-state index >= 15 is 0 Å². The minimum absolute atomic E-state index is 0.0459. The Morgan fingerprint density at radius 1 is 1.47 bits per heavy atom. The molecule has 1 atom stereocenters. The van der Waals surface area contributed by atoms with E-state index in [1.54, 1.807) is 0 Å². The van der Waals surface area contributed by atoms with Crippen LogP contribution >= 0.6 is 0 Å². The third-order valence-electron chi connectivity index (χ3n) is 3.12. The van der Waals surface area contributed by atoms with Gasteiger partial charge in [-0.2, -0.15) is 0 Å². The van der Waals surface area contributed by atoms with Crippen LogP contribution in [0.2, 0.25) is 0 Å². The van der Waals surface area contributed by atoms with E-state index < -0.39 is 0 Å². The molecular weight excluding hydrogens is 194 g/mol. The van der Waals surface area contributed by atoms with Crippen LogP contribution in [0.15, 0.2) is 12.4 Å². The number of esters is 1. The van der Waals surface area contributed by atoms with Crippen LogP contribution in [-0.4, -0.2) is 39.6 Å². The van der Waals surface area contributed by atoms with Crippen molar-refractivity contribution in [2.45, 2.75) is 25.6 Å². The lowest BCUT2D eigenvalue weighted by Crippen LogP contribution is -2.43. The molecule has 0 N–H and O–H groups in total. The quantitative estimate of drug-likeness (QED) is 0.609. The van der Waals surface area contributed by atoms with Gasteiger partial charge in [0.15, 0.2) is 0 Å². The fraction of sp³-hybridized carbons (Fsp3) is 0.600. The van der Waals surface area contributed by atoms with Gasteiger partial charge in [-0.3, -0.25) is 9.69 Å². The van der Waals surface area contributed by atoms with Gasteiger partial charge < -0.3 is 9.30 Å². The van der Waals surface area contributed by atoms with Crippen molar-refractivity contribution in [2.24, 2.45) is 0 Å². The summed E-state index contributed by atoms with van der Waals surface area (Å²) in [6, 6.07) is -0.0459. The van der Waals surface area contributed by atoms with E-state index in [1.807, 2.05) is 12.4 Å². The summed E-state index contributed by atoms with van der Waals surface area (Å²) in [6.07, 6.45) is 4.62. The number of hydrogen-bond donors (Lipinski definition) is 0. The highest BCUT2D eigenvalue weighted by molar-refractivity contribution is 5.77. The van der Waals surface area contributed by atoms with Crippen LogP contribution in [0.5, 0.6) is 0 Å². The molecule has 1 aromatic heterocycles. The molecule has 0 radical (unpaired) electrons. The normalized spacial score (nSPS) is 26.4. The van der Waals surface area contributed by atoms with E-state index in [1.165, 1.54) is 0 Å². The topological polar surface area (TPSA) is 47.4 Å². The van der Waals surface area contributed by atoms with E-state index in [9.17, 15) is 4.79 Å². The fourth-order valence-electron chi connectivity index (χ4n) is 2.28. The van der Waals surface area contributed by atoms with Crippen molar-refractivity contribution in [3.8, 4) is 0 Å². The average molecular weight is 207 g/mol. The number of rotatable bonds is 1. The Morgan fingerprint density at radius 3 is 3.20 bits per heavy atom. The molecule has 1 fully saturated rings. The number of cyclic esters (lactones) is 1. The largest absolute Gasteiger partial charge is 0.464 e. The molecule has 0 saturated carbocycles. The van der Waals surface area contributed by atoms with Crippen LogP contribution in [0, 0.1) is 0 Å². The molecule has 80 valence electrons. The zero-order valence-corrected chi connectivity index (χ0v) is 8.43. The molecule has 1 saturated heterocycles. The molecule has 3 rings (SSSR count). The molecule has 15 heavy (non-hydrogen) atoms. The second kappa shape index (κ2) is 3.34. The van der Waals surface area contributed by atoms with E-state index in [0.717, 1.165) is 31.9 Å². The van der Waals surface area contributed by atoms with E-state index in [-0.39, 0.29) is 12.0 Å². The summed E-state index contributed by atoms with van der Waals surface area (Å²) in [5.41, 5.74) is 0. The molecule has 5 heteroatoms. The molecule has 2 aliphatic rings. The second-order valence-electron chi connectivity index (χ2n) is 3.98. The van der Waals surface area contributed by atoms with Gasteiger partial charge in [0, 0.05) is 31.9 Å². The number of nitrogens with zero attached hydrogens (tertiary/aromatic N) is 3. The van der Waals surface area contributed by atoms with E-state index in [2.05, 4.69) is 14.5 Å². The molecule has 1 aromatic rings. The zero-order valence-electron chi connectivity index (χ0n) is 8.43. The molecule has 0 spiro atoms. The number of fused-ring (bicyclic) bond motifs is 1. The number of hydrogen-bond acceptors (Lipinski definition) is 4. The van der Waals surface area contributed by atoms with Crippen LogP contribution in [-0.2, 0) is 22.6 Å². The van der Waals surface area contributed by atoms with Crippen molar-refractivity contribution in [3.63, 3.8) is 0 Å². The minimum atomic E-state index is -0.0741. The lowest BCUT2D eigenvalue weighted by atomic mass is 10.2. The highest BCUT2D eigenvalue weighted by Gasteiger charge is 2.34. The van der Waals surface area contributed by atoms with Crippen molar-refractivity contribution in [3.05, 3.63) is 18.2 Å². The Labute approximate surface area is 87.6 Å². The first-order valence-corrected chi connectivity index (χ1v) is 5.25. The van der Waals surface area contributed by atoms with Gasteiger partial charge in [0.2, 0.25) is 0 Å². The Hall–Kier alpha value is -1.36. The zero-order chi connectivity index (χ0) is 10.3. The van der Waals surface area contributed by atoms with Gasteiger partial charge in [0.05, 0.1) is 13.2 Å². The maximum absolute atomic E-state index is 11.4. The molecule has 0 aliphatic carbocycles. The first-order chi connectivity index (χ1) is 7.34. The first-order valence-electron chi connectivity index (χ1n) is 5.25. The van der Waals surface area contributed by atoms with Gasteiger partial charge in [0.25, 0.3) is 0 Å². The van der Waals surface area contributed by atoms with Crippen molar-refractivity contribution < 1.29 is 9.53 Å². The van der Waals surface area contributed by atoms with Gasteiger partial charge in [-0.25, -0.2) is 4.98 Å². The summed E-state index contributed by atoms with van der Waals surface area (Å²) in [7, 11) is 0. The van der Waals surface area contributed by atoms with Gasteiger partial charge in [0.1, 0.15) is 11.9 Å². The van der Waals surface area contributed by atoms with E-state index in [0.29, 0.717) is 6.61 Å². The maximum Gasteiger partial charge on any atom is 0.323 e. The third-order valence-corrected chi connectivity index (χ3v) is 3.12. The lowest BCUT2D eigenvalue weighted by Gasteiger charge is -2.30. The smallest absolute Gasteiger partial charge is 0.323 e. The summed E-state index contributed by atoms with van der Waals surface area (Å²) >= 11 is 0. The molecule has 3 heterocycles. The molecule has 2 aliphatic heterocycles. The number of carbonyl (C=O) groups is 1. The molecule has 0 bridgehead atoms. The first kappa shape index (κ1) is 8.91. The maximum atomic E-state index is 11.4. The summed E-state index contributed by atoms with van der Waals surface area (Å²) in [5.74, 6) is 0.968. The molecule has 5 nitrogen and oxygen atoms in total. The number of aromatic nitrogens is 2. The lowest BCUT2D eigenvalue weighted by molar-refractivity contribution is -0.142. The standard InChI is InChI=1S/C10H13N3O2/c14-10-8(1-6-15-10)13-5-4-12-3-2-11-9(12)7-13/h2-3,8H,1,4-7H2/t8-/m1/s1. The molecule has 0 unspecified atom stereocenters. The van der Waals surface area contributed by atoms with Crippen molar-refractivity contribution in [1.29, 1.82) is 0 Å². The van der Waals surface area contributed by atoms with Gasteiger partial charge in [-0.1, -0.05) is 0 Å². The highest BCUT2D eigenvalue weighted by atomic mass is 16.5. The van der Waals surface area contributed by atoms with Gasteiger partial charge in [-0.05, 0) is 0 Å². The Morgan fingerprint density at radius 2 is 2.40 bits per heavy atom. The predicted octanol–water partition coefficient (Wildman–Crippen LogP) is 0.0142. The van der Waals surface area contributed by atoms with Gasteiger partial charge >= 0.3 is 5.97 Å². The van der Waals surface area contributed by atoms with Crippen LogP contribution < -0.4 is 0 Å². The van der Waals surface area contributed by atoms with Crippen molar-refractivity contribution in [1.82, 2.24) is 14.5 Å². The Balaban J connectivity index is 1.78. The van der Waals surface area contributed by atoms with Crippen molar-refractivity contribution >= 4 is 5.97 Å². The number of carbonyl (C=O) groups excluding carboxylic acids is 1. The number of imidazole rings is 1. The Kier molecular flexibility index (Phi) is 1.98.